The van der Waals surface area contributed by atoms with Gasteiger partial charge in [0.15, 0.2) is 11.5 Å². The van der Waals surface area contributed by atoms with Crippen LogP contribution in [0, 0.1) is 5.92 Å². The van der Waals surface area contributed by atoms with Gasteiger partial charge in [0.1, 0.15) is 0 Å². The van der Waals surface area contributed by atoms with Gasteiger partial charge in [0, 0.05) is 4.47 Å². The fourth-order valence-corrected chi connectivity index (χ4v) is 2.89. The van der Waals surface area contributed by atoms with E-state index in [2.05, 4.69) is 15.9 Å². The molecule has 1 saturated carbocycles. The molecule has 2 rings (SSSR count). The van der Waals surface area contributed by atoms with Crippen LogP contribution in [0.2, 0.25) is 0 Å². The van der Waals surface area contributed by atoms with Crippen molar-refractivity contribution >= 4 is 27.4 Å². The lowest BCUT2D eigenvalue weighted by Crippen LogP contribution is -2.11. The van der Waals surface area contributed by atoms with Crippen LogP contribution in [0.25, 0.3) is 0 Å². The maximum atomic E-state index is 11.6. The molecule has 0 unspecified atom stereocenters. The molecule has 0 amide bonds. The van der Waals surface area contributed by atoms with Crippen molar-refractivity contribution in [2.24, 2.45) is 5.92 Å². The number of nitrogens with two attached hydrogens (primary N) is 1. The molecule has 0 bridgehead atoms. The third-order valence-corrected chi connectivity index (χ3v) is 3.86. The zero-order chi connectivity index (χ0) is 13.1. The van der Waals surface area contributed by atoms with Gasteiger partial charge in [0.25, 0.3) is 0 Å². The van der Waals surface area contributed by atoms with E-state index in [1.165, 1.54) is 32.6 Å². The zero-order valence-corrected chi connectivity index (χ0v) is 12.1. The number of Topliss-reactive ketones (excluding diaryl/α,β-unsaturated/α-hetero) is 1. The van der Waals surface area contributed by atoms with Gasteiger partial charge in [-0.2, -0.15) is 0 Å². The largest absolute Gasteiger partial charge is 0.490 e. The Kier molecular flexibility index (Phi) is 4.27. The maximum absolute atomic E-state index is 11.6. The van der Waals surface area contributed by atoms with E-state index in [0.717, 1.165) is 4.47 Å². The van der Waals surface area contributed by atoms with E-state index < -0.39 is 0 Å². The second-order valence-corrected chi connectivity index (χ2v) is 5.81. The molecule has 0 aromatic heterocycles. The van der Waals surface area contributed by atoms with Crippen molar-refractivity contribution in [1.82, 2.24) is 0 Å². The number of nitrogen functional groups attached to an aromatic ring is 1. The van der Waals surface area contributed by atoms with Gasteiger partial charge in [-0.05, 0) is 37.8 Å². The molecular formula is C14H18BrNO2. The third kappa shape index (κ3) is 3.05. The maximum Gasteiger partial charge on any atom is 0.163 e. The van der Waals surface area contributed by atoms with Gasteiger partial charge >= 0.3 is 0 Å². The lowest BCUT2D eigenvalue weighted by Gasteiger charge is -2.16. The summed E-state index contributed by atoms with van der Waals surface area (Å²) in [6.07, 6.45) is 4.99. The summed E-state index contributed by atoms with van der Waals surface area (Å²) in [6.45, 7) is 2.19. The highest BCUT2D eigenvalue weighted by molar-refractivity contribution is 9.10. The molecule has 1 aliphatic carbocycles. The normalized spacial score (nSPS) is 15.9. The molecule has 0 aliphatic heterocycles. The number of anilines is 1. The Labute approximate surface area is 116 Å². The molecule has 18 heavy (non-hydrogen) atoms. The smallest absolute Gasteiger partial charge is 0.163 e. The van der Waals surface area contributed by atoms with Crippen molar-refractivity contribution in [3.63, 3.8) is 0 Å². The number of hydrogen-bond donors (Lipinski definition) is 1. The second kappa shape index (κ2) is 5.74. The quantitative estimate of drug-likeness (QED) is 0.679. The molecule has 0 spiro atoms. The van der Waals surface area contributed by atoms with Crippen molar-refractivity contribution in [2.75, 3.05) is 12.3 Å². The summed E-state index contributed by atoms with van der Waals surface area (Å²) in [5, 5.41) is 0. The molecular weight excluding hydrogens is 294 g/mol. The summed E-state index contributed by atoms with van der Waals surface area (Å²) in [6, 6.07) is 3.54. The minimum absolute atomic E-state index is 0.0237. The summed E-state index contributed by atoms with van der Waals surface area (Å²) >= 11 is 3.35. The van der Waals surface area contributed by atoms with E-state index in [-0.39, 0.29) is 5.78 Å². The van der Waals surface area contributed by atoms with E-state index in [0.29, 0.717) is 29.5 Å². The van der Waals surface area contributed by atoms with Gasteiger partial charge < -0.3 is 10.5 Å². The molecule has 4 heteroatoms. The molecule has 0 saturated heterocycles. The molecule has 0 heterocycles. The number of benzene rings is 1. The zero-order valence-electron chi connectivity index (χ0n) is 10.5. The Hall–Kier alpha value is -1.03. The highest BCUT2D eigenvalue weighted by Crippen LogP contribution is 2.33. The van der Waals surface area contributed by atoms with Crippen LogP contribution < -0.4 is 10.5 Å². The monoisotopic (exact) mass is 311 g/mol. The van der Waals surface area contributed by atoms with Crippen LogP contribution in [-0.2, 0) is 0 Å². The van der Waals surface area contributed by atoms with Crippen LogP contribution in [0.15, 0.2) is 16.6 Å². The Morgan fingerprint density at radius 1 is 1.44 bits per heavy atom. The van der Waals surface area contributed by atoms with E-state index >= 15 is 0 Å². The number of halogens is 1. The SMILES string of the molecule is CC(=O)c1cc(Br)cc(N)c1OCC1CCCC1. The number of ketones is 1. The van der Waals surface area contributed by atoms with E-state index in [4.69, 9.17) is 10.5 Å². The highest BCUT2D eigenvalue weighted by Gasteiger charge is 2.18. The molecule has 1 aromatic rings. The number of rotatable bonds is 4. The average Bonchev–Trinajstić information content (AvgIpc) is 2.79. The van der Waals surface area contributed by atoms with Crippen LogP contribution in [-0.4, -0.2) is 12.4 Å². The van der Waals surface area contributed by atoms with Crippen molar-refractivity contribution in [1.29, 1.82) is 0 Å². The van der Waals surface area contributed by atoms with Crippen LogP contribution in [0.4, 0.5) is 5.69 Å². The van der Waals surface area contributed by atoms with Gasteiger partial charge in [-0.15, -0.1) is 0 Å². The molecule has 98 valence electrons. The van der Waals surface area contributed by atoms with Crippen molar-refractivity contribution in [2.45, 2.75) is 32.6 Å². The standard InChI is InChI=1S/C14H18BrNO2/c1-9(17)12-6-11(15)7-13(16)14(12)18-8-10-4-2-3-5-10/h6-7,10H,2-5,8,16H2,1H3. The van der Waals surface area contributed by atoms with Crippen LogP contribution >= 0.6 is 15.9 Å². The van der Waals surface area contributed by atoms with Crippen molar-refractivity contribution in [3.05, 3.63) is 22.2 Å². The summed E-state index contributed by atoms with van der Waals surface area (Å²) < 4.78 is 6.61. The summed E-state index contributed by atoms with van der Waals surface area (Å²) in [7, 11) is 0. The Morgan fingerprint density at radius 2 is 2.11 bits per heavy atom. The third-order valence-electron chi connectivity index (χ3n) is 3.40. The molecule has 1 aliphatic rings. The van der Waals surface area contributed by atoms with E-state index in [9.17, 15) is 4.79 Å². The first-order chi connectivity index (χ1) is 8.58. The van der Waals surface area contributed by atoms with Gasteiger partial charge in [-0.1, -0.05) is 28.8 Å². The van der Waals surface area contributed by atoms with Gasteiger partial charge in [0.05, 0.1) is 17.9 Å². The topological polar surface area (TPSA) is 52.3 Å². The molecule has 1 aromatic carbocycles. The highest BCUT2D eigenvalue weighted by atomic mass is 79.9. The number of hydrogen-bond acceptors (Lipinski definition) is 3. The van der Waals surface area contributed by atoms with Gasteiger partial charge in [-0.25, -0.2) is 0 Å². The molecule has 1 fully saturated rings. The molecule has 2 N–H and O–H groups in total. The van der Waals surface area contributed by atoms with Crippen molar-refractivity contribution in [3.8, 4) is 5.75 Å². The Bertz CT molecular complexity index is 453. The van der Waals surface area contributed by atoms with E-state index in [1.807, 2.05) is 0 Å². The first kappa shape index (κ1) is 13.4. The Balaban J connectivity index is 2.17. The lowest BCUT2D eigenvalue weighted by atomic mass is 10.1. The number of carbonyl (C=O) groups is 1. The minimum atomic E-state index is -0.0237. The average molecular weight is 312 g/mol. The second-order valence-electron chi connectivity index (χ2n) is 4.89. The van der Waals surface area contributed by atoms with Crippen LogP contribution in [0.3, 0.4) is 0 Å². The molecule has 0 radical (unpaired) electrons. The van der Waals surface area contributed by atoms with Crippen LogP contribution in [0.1, 0.15) is 43.0 Å². The van der Waals surface area contributed by atoms with Crippen molar-refractivity contribution < 1.29 is 9.53 Å². The molecule has 3 nitrogen and oxygen atoms in total. The molecule has 0 atom stereocenters. The fourth-order valence-electron chi connectivity index (χ4n) is 2.42. The summed E-state index contributed by atoms with van der Waals surface area (Å²) in [5.41, 5.74) is 7.01. The van der Waals surface area contributed by atoms with E-state index in [1.54, 1.807) is 12.1 Å². The van der Waals surface area contributed by atoms with Crippen LogP contribution in [0.5, 0.6) is 5.75 Å². The fraction of sp³-hybridized carbons (Fsp3) is 0.500. The predicted molar refractivity (Wildman–Crippen MR) is 76.0 cm³/mol. The first-order valence-corrected chi connectivity index (χ1v) is 7.10. The number of ether oxygens (including phenoxy) is 1. The van der Waals surface area contributed by atoms with Gasteiger partial charge in [0.2, 0.25) is 0 Å². The summed E-state index contributed by atoms with van der Waals surface area (Å²) in [4.78, 5) is 11.6. The first-order valence-electron chi connectivity index (χ1n) is 6.30. The lowest BCUT2D eigenvalue weighted by molar-refractivity contribution is 0.101. The predicted octanol–water partition coefficient (Wildman–Crippen LogP) is 3.80. The number of carbonyl (C=O) groups excluding carboxylic acids is 1. The minimum Gasteiger partial charge on any atom is -0.490 e. The van der Waals surface area contributed by atoms with Gasteiger partial charge in [-0.3, -0.25) is 4.79 Å². The Morgan fingerprint density at radius 3 is 2.72 bits per heavy atom. The summed E-state index contributed by atoms with van der Waals surface area (Å²) in [5.74, 6) is 1.12.